The Bertz CT molecular complexity index is 227. The van der Waals surface area contributed by atoms with Gasteiger partial charge in [-0.15, -0.1) is 0 Å². The molecule has 1 aromatic rings. The second-order valence-electron chi connectivity index (χ2n) is 2.32. The maximum absolute atomic E-state index is 9.18. The fraction of sp³-hybridized carbons (Fsp3) is 0.400. The van der Waals surface area contributed by atoms with E-state index in [1.165, 1.54) is 0 Å². The van der Waals surface area contributed by atoms with Gasteiger partial charge in [0.25, 0.3) is 6.47 Å². The molecule has 0 fully saturated rings. The molecule has 0 bridgehead atoms. The lowest BCUT2D eigenvalue weighted by Crippen LogP contribution is -1.95. The molecular weight excluding hydrogens is 180 g/mol. The van der Waals surface area contributed by atoms with Crippen LogP contribution in [-0.4, -0.2) is 24.6 Å². The van der Waals surface area contributed by atoms with E-state index in [0.29, 0.717) is 13.1 Å². The van der Waals surface area contributed by atoms with Gasteiger partial charge in [0.1, 0.15) is 0 Å². The lowest BCUT2D eigenvalue weighted by molar-refractivity contribution is -0.128. The molecule has 4 heteroatoms. The highest BCUT2D eigenvalue weighted by molar-refractivity contribution is 5.39. The summed E-state index contributed by atoms with van der Waals surface area (Å²) in [6.45, 7) is 5.68. The Morgan fingerprint density at radius 1 is 1.57 bits per heavy atom. The number of carbonyl (C=O) groups is 1. The molecule has 1 rings (SSSR count). The maximum atomic E-state index is 9.18. The fourth-order valence-electron chi connectivity index (χ4n) is 0.739. The molecule has 0 spiro atoms. The number of anilines is 1. The number of pyridine rings is 1. The predicted octanol–water partition coefficient (Wildman–Crippen LogP) is 1.69. The van der Waals surface area contributed by atoms with Crippen molar-refractivity contribution in [2.45, 2.75) is 13.8 Å². The van der Waals surface area contributed by atoms with E-state index in [1.54, 1.807) is 13.1 Å². The SMILES string of the molecule is CCNc1cccnc1.CCOC=O. The first-order valence-corrected chi connectivity index (χ1v) is 4.54. The number of nitrogens with one attached hydrogen (secondary N) is 1. The van der Waals surface area contributed by atoms with Crippen molar-refractivity contribution < 1.29 is 9.53 Å². The first-order chi connectivity index (χ1) is 6.85. The van der Waals surface area contributed by atoms with Crippen LogP contribution in [0.15, 0.2) is 24.5 Å². The quantitative estimate of drug-likeness (QED) is 0.744. The number of nitrogens with zero attached hydrogens (tertiary/aromatic N) is 1. The van der Waals surface area contributed by atoms with Crippen molar-refractivity contribution in [3.63, 3.8) is 0 Å². The molecule has 0 aliphatic rings. The van der Waals surface area contributed by atoms with E-state index in [-0.39, 0.29) is 0 Å². The van der Waals surface area contributed by atoms with Crippen molar-refractivity contribution in [2.24, 2.45) is 0 Å². The van der Waals surface area contributed by atoms with Crippen LogP contribution in [-0.2, 0) is 9.53 Å². The Labute approximate surface area is 84.3 Å². The average Bonchev–Trinajstić information content (AvgIpc) is 2.22. The number of carbonyl (C=O) groups excluding carboxylic acids is 1. The Balaban J connectivity index is 0.000000292. The van der Waals surface area contributed by atoms with Crippen LogP contribution in [0.3, 0.4) is 0 Å². The third kappa shape index (κ3) is 7.09. The van der Waals surface area contributed by atoms with E-state index in [9.17, 15) is 4.79 Å². The average molecular weight is 196 g/mol. The second kappa shape index (κ2) is 9.51. The van der Waals surface area contributed by atoms with Gasteiger partial charge in [0.05, 0.1) is 12.3 Å². The zero-order valence-corrected chi connectivity index (χ0v) is 8.56. The van der Waals surface area contributed by atoms with Gasteiger partial charge in [0.2, 0.25) is 0 Å². The highest BCUT2D eigenvalue weighted by atomic mass is 16.5. The Kier molecular flexibility index (Phi) is 8.43. The van der Waals surface area contributed by atoms with Gasteiger partial charge in [-0.3, -0.25) is 9.78 Å². The molecule has 0 saturated carbocycles. The molecule has 0 aliphatic carbocycles. The largest absolute Gasteiger partial charge is 0.468 e. The number of aromatic nitrogens is 1. The van der Waals surface area contributed by atoms with E-state index < -0.39 is 0 Å². The van der Waals surface area contributed by atoms with Crippen LogP contribution in [0, 0.1) is 0 Å². The van der Waals surface area contributed by atoms with Crippen LogP contribution in [0.25, 0.3) is 0 Å². The van der Waals surface area contributed by atoms with Crippen LogP contribution in [0.1, 0.15) is 13.8 Å². The Hall–Kier alpha value is -1.58. The summed E-state index contributed by atoms with van der Waals surface area (Å²) in [5.74, 6) is 0. The van der Waals surface area contributed by atoms with Crippen molar-refractivity contribution in [3.8, 4) is 0 Å². The minimum atomic E-state index is 0.431. The maximum Gasteiger partial charge on any atom is 0.293 e. The van der Waals surface area contributed by atoms with E-state index in [0.717, 1.165) is 12.2 Å². The third-order valence-electron chi connectivity index (χ3n) is 1.28. The van der Waals surface area contributed by atoms with E-state index in [1.807, 2.05) is 18.3 Å². The lowest BCUT2D eigenvalue weighted by atomic mass is 10.4. The van der Waals surface area contributed by atoms with Crippen LogP contribution in [0.2, 0.25) is 0 Å². The normalized spacial score (nSPS) is 8.14. The molecule has 0 radical (unpaired) electrons. The molecule has 0 atom stereocenters. The van der Waals surface area contributed by atoms with Crippen molar-refractivity contribution in [1.29, 1.82) is 0 Å². The fourth-order valence-corrected chi connectivity index (χ4v) is 0.739. The van der Waals surface area contributed by atoms with Crippen molar-refractivity contribution in [1.82, 2.24) is 4.98 Å². The molecule has 78 valence electrons. The molecule has 4 nitrogen and oxygen atoms in total. The first-order valence-electron chi connectivity index (χ1n) is 4.54. The molecule has 1 N–H and O–H groups in total. The zero-order valence-electron chi connectivity index (χ0n) is 8.56. The summed E-state index contributed by atoms with van der Waals surface area (Å²) in [5, 5.41) is 3.14. The van der Waals surface area contributed by atoms with E-state index in [4.69, 9.17) is 0 Å². The zero-order chi connectivity index (χ0) is 10.6. The Morgan fingerprint density at radius 2 is 2.36 bits per heavy atom. The van der Waals surface area contributed by atoms with E-state index >= 15 is 0 Å². The van der Waals surface area contributed by atoms with Crippen LogP contribution < -0.4 is 5.32 Å². The minimum absolute atomic E-state index is 0.431. The highest BCUT2D eigenvalue weighted by Gasteiger charge is 1.82. The molecule has 0 amide bonds. The minimum Gasteiger partial charge on any atom is -0.468 e. The second-order valence-corrected chi connectivity index (χ2v) is 2.32. The van der Waals surface area contributed by atoms with Crippen LogP contribution in [0.5, 0.6) is 0 Å². The number of ether oxygens (including phenoxy) is 1. The van der Waals surface area contributed by atoms with Gasteiger partial charge in [0.15, 0.2) is 0 Å². The van der Waals surface area contributed by atoms with Crippen molar-refractivity contribution in [2.75, 3.05) is 18.5 Å². The van der Waals surface area contributed by atoms with Gasteiger partial charge in [-0.05, 0) is 26.0 Å². The number of hydrogen-bond acceptors (Lipinski definition) is 4. The Morgan fingerprint density at radius 3 is 2.71 bits per heavy atom. The summed E-state index contributed by atoms with van der Waals surface area (Å²) < 4.78 is 4.15. The van der Waals surface area contributed by atoms with Gasteiger partial charge in [-0.1, -0.05) is 0 Å². The standard InChI is InChI=1S/C7H10N2.C3H6O2/c1-2-9-7-4-3-5-8-6-7;1-2-5-3-4/h3-6,9H,2H2,1H3;3H,2H2,1H3. The molecule has 1 aromatic heterocycles. The van der Waals surface area contributed by atoms with Gasteiger partial charge in [-0.2, -0.15) is 0 Å². The van der Waals surface area contributed by atoms with Crippen molar-refractivity contribution in [3.05, 3.63) is 24.5 Å². The molecule has 0 saturated heterocycles. The number of rotatable bonds is 4. The highest BCUT2D eigenvalue weighted by Crippen LogP contribution is 2.00. The molecule has 0 unspecified atom stereocenters. The van der Waals surface area contributed by atoms with Crippen LogP contribution in [0.4, 0.5) is 5.69 Å². The summed E-state index contributed by atoms with van der Waals surface area (Å²) in [6.07, 6.45) is 3.57. The summed E-state index contributed by atoms with van der Waals surface area (Å²) in [7, 11) is 0. The smallest absolute Gasteiger partial charge is 0.293 e. The van der Waals surface area contributed by atoms with E-state index in [2.05, 4.69) is 22.0 Å². The van der Waals surface area contributed by atoms with Gasteiger partial charge >= 0.3 is 0 Å². The molecule has 0 aliphatic heterocycles. The van der Waals surface area contributed by atoms with Crippen LogP contribution >= 0.6 is 0 Å². The molecule has 0 aromatic carbocycles. The van der Waals surface area contributed by atoms with Gasteiger partial charge in [-0.25, -0.2) is 0 Å². The van der Waals surface area contributed by atoms with Crippen molar-refractivity contribution >= 4 is 12.2 Å². The van der Waals surface area contributed by atoms with Gasteiger partial charge in [0, 0.05) is 18.9 Å². The summed E-state index contributed by atoms with van der Waals surface area (Å²) >= 11 is 0. The monoisotopic (exact) mass is 196 g/mol. The summed E-state index contributed by atoms with van der Waals surface area (Å²) in [5.41, 5.74) is 1.08. The predicted molar refractivity (Wildman–Crippen MR) is 56.1 cm³/mol. The summed E-state index contributed by atoms with van der Waals surface area (Å²) in [6, 6.07) is 3.91. The first kappa shape index (κ1) is 12.4. The molecule has 14 heavy (non-hydrogen) atoms. The topological polar surface area (TPSA) is 51.2 Å². The number of hydrogen-bond donors (Lipinski definition) is 1. The van der Waals surface area contributed by atoms with Gasteiger partial charge < -0.3 is 10.1 Å². The summed E-state index contributed by atoms with van der Waals surface area (Å²) in [4.78, 5) is 13.1. The molecular formula is C10H16N2O2. The lowest BCUT2D eigenvalue weighted by Gasteiger charge is -1.98. The molecule has 1 heterocycles. The third-order valence-corrected chi connectivity index (χ3v) is 1.28.